The van der Waals surface area contributed by atoms with E-state index in [0.29, 0.717) is 16.9 Å². The first-order valence-electron chi connectivity index (χ1n) is 8.92. The molecule has 30 heavy (non-hydrogen) atoms. The number of allylic oxidation sites excluding steroid dienone is 1. The van der Waals surface area contributed by atoms with Gasteiger partial charge in [-0.2, -0.15) is 5.26 Å². The highest BCUT2D eigenvalue weighted by atomic mass is 32.2. The van der Waals surface area contributed by atoms with Gasteiger partial charge in [0.25, 0.3) is 0 Å². The summed E-state index contributed by atoms with van der Waals surface area (Å²) >= 11 is 0. The Balaban J connectivity index is 2.03. The summed E-state index contributed by atoms with van der Waals surface area (Å²) in [4.78, 5) is -0.438. The minimum absolute atomic E-state index is 0.00882. The Bertz CT molecular complexity index is 1220. The smallest absolute Gasteiger partial charge is 0.216 e. The molecule has 0 heterocycles. The summed E-state index contributed by atoms with van der Waals surface area (Å²) in [5.41, 5.74) is 0.650. The summed E-state index contributed by atoms with van der Waals surface area (Å²) in [5.74, 6) is 0.114. The van der Waals surface area contributed by atoms with E-state index >= 15 is 0 Å². The monoisotopic (exact) mass is 423 g/mol. The molecule has 0 aromatic heterocycles. The Hall–Kier alpha value is -3.63. The number of halogens is 1. The van der Waals surface area contributed by atoms with E-state index in [2.05, 4.69) is 0 Å². The van der Waals surface area contributed by atoms with Crippen LogP contribution in [-0.2, 0) is 16.4 Å². The lowest BCUT2D eigenvalue weighted by Crippen LogP contribution is -2.04. The first kappa shape index (κ1) is 21.1. The molecule has 0 atom stereocenters. The molecule has 0 aliphatic heterocycles. The van der Waals surface area contributed by atoms with E-state index in [1.165, 1.54) is 31.4 Å². The van der Waals surface area contributed by atoms with Gasteiger partial charge in [-0.1, -0.05) is 48.5 Å². The molecule has 5 nitrogen and oxygen atoms in total. The summed E-state index contributed by atoms with van der Waals surface area (Å²) in [6.45, 7) is -0.0960. The number of para-hydroxylation sites is 1. The molecule has 0 amide bonds. The molecular weight excluding hydrogens is 405 g/mol. The second kappa shape index (κ2) is 9.25. The summed E-state index contributed by atoms with van der Waals surface area (Å²) in [6, 6.07) is 20.5. The molecule has 0 unspecified atom stereocenters. The molecule has 0 aliphatic rings. The number of benzene rings is 3. The summed E-state index contributed by atoms with van der Waals surface area (Å²) in [6.07, 6.45) is 1.22. The average molecular weight is 423 g/mol. The highest BCUT2D eigenvalue weighted by Crippen LogP contribution is 2.34. The summed E-state index contributed by atoms with van der Waals surface area (Å²) < 4.78 is 50.7. The molecule has 0 saturated carbocycles. The van der Waals surface area contributed by atoms with Crippen LogP contribution < -0.4 is 9.47 Å². The molecule has 7 heteroatoms. The van der Waals surface area contributed by atoms with Crippen molar-refractivity contribution >= 4 is 15.9 Å². The van der Waals surface area contributed by atoms with Crippen LogP contribution in [-0.4, -0.2) is 15.5 Å². The highest BCUT2D eigenvalue weighted by molar-refractivity contribution is 7.95. The standard InChI is InChI=1S/C23H18FNO4S/c1-28-22-13-7-9-17(23(22)29-16-18-8-5-6-12-21(18)24)14-20(15-25)30(26,27)19-10-3-2-4-11-19/h2-14H,16H2,1H3/b20-14-. The second-order valence-corrected chi connectivity index (χ2v) is 8.11. The minimum atomic E-state index is -4.02. The Morgan fingerprint density at radius 1 is 1.03 bits per heavy atom. The van der Waals surface area contributed by atoms with Crippen LogP contribution in [0.2, 0.25) is 0 Å². The molecule has 152 valence electrons. The quantitative estimate of drug-likeness (QED) is 0.513. The minimum Gasteiger partial charge on any atom is -0.493 e. The maximum atomic E-state index is 13.9. The van der Waals surface area contributed by atoms with Crippen LogP contribution >= 0.6 is 0 Å². The van der Waals surface area contributed by atoms with Crippen molar-refractivity contribution in [3.05, 3.63) is 94.6 Å². The Morgan fingerprint density at radius 3 is 2.40 bits per heavy atom. The van der Waals surface area contributed by atoms with Crippen LogP contribution in [0.15, 0.2) is 82.6 Å². The number of nitrogens with zero attached hydrogens (tertiary/aromatic N) is 1. The van der Waals surface area contributed by atoms with Gasteiger partial charge in [-0.25, -0.2) is 12.8 Å². The van der Waals surface area contributed by atoms with Gasteiger partial charge < -0.3 is 9.47 Å². The van der Waals surface area contributed by atoms with Gasteiger partial charge in [0.1, 0.15) is 23.4 Å². The van der Waals surface area contributed by atoms with E-state index in [9.17, 15) is 18.1 Å². The summed E-state index contributed by atoms with van der Waals surface area (Å²) in [7, 11) is -2.58. The van der Waals surface area contributed by atoms with Crippen LogP contribution in [0.25, 0.3) is 6.08 Å². The van der Waals surface area contributed by atoms with E-state index < -0.39 is 20.6 Å². The lowest BCUT2D eigenvalue weighted by Gasteiger charge is -2.14. The normalized spacial score (nSPS) is 11.6. The zero-order valence-corrected chi connectivity index (χ0v) is 16.9. The average Bonchev–Trinajstić information content (AvgIpc) is 2.77. The van der Waals surface area contributed by atoms with E-state index in [0.717, 1.165) is 0 Å². The molecule has 3 aromatic carbocycles. The third-order valence-electron chi connectivity index (χ3n) is 4.30. The first-order valence-corrected chi connectivity index (χ1v) is 10.4. The highest BCUT2D eigenvalue weighted by Gasteiger charge is 2.22. The van der Waals surface area contributed by atoms with Crippen molar-refractivity contribution in [2.45, 2.75) is 11.5 Å². The number of methoxy groups -OCH3 is 1. The second-order valence-electron chi connectivity index (χ2n) is 6.20. The Labute approximate surface area is 174 Å². The molecule has 3 aromatic rings. The fourth-order valence-corrected chi connectivity index (χ4v) is 3.94. The lowest BCUT2D eigenvalue weighted by molar-refractivity contribution is 0.279. The van der Waals surface area contributed by atoms with Crippen molar-refractivity contribution in [3.63, 3.8) is 0 Å². The predicted molar refractivity (Wildman–Crippen MR) is 111 cm³/mol. The van der Waals surface area contributed by atoms with Gasteiger partial charge in [0.2, 0.25) is 9.84 Å². The third-order valence-corrected chi connectivity index (χ3v) is 5.98. The van der Waals surface area contributed by atoms with Crippen molar-refractivity contribution in [2.75, 3.05) is 7.11 Å². The van der Waals surface area contributed by atoms with Crippen molar-refractivity contribution < 1.29 is 22.3 Å². The fraction of sp³-hybridized carbons (Fsp3) is 0.0870. The first-order chi connectivity index (χ1) is 14.5. The van der Waals surface area contributed by atoms with Crippen molar-refractivity contribution in [3.8, 4) is 17.6 Å². The van der Waals surface area contributed by atoms with Crippen LogP contribution in [0.5, 0.6) is 11.5 Å². The molecule has 0 aliphatic carbocycles. The van der Waals surface area contributed by atoms with Gasteiger partial charge in [0.05, 0.1) is 12.0 Å². The number of nitriles is 1. The van der Waals surface area contributed by atoms with Crippen LogP contribution in [0.4, 0.5) is 4.39 Å². The number of sulfone groups is 1. The molecule has 0 radical (unpaired) electrons. The van der Waals surface area contributed by atoms with E-state index in [-0.39, 0.29) is 17.3 Å². The van der Waals surface area contributed by atoms with Gasteiger partial charge in [-0.3, -0.25) is 0 Å². The van der Waals surface area contributed by atoms with Crippen molar-refractivity contribution in [2.24, 2.45) is 0 Å². The molecule has 0 spiro atoms. The van der Waals surface area contributed by atoms with Gasteiger partial charge in [-0.05, 0) is 30.3 Å². The molecule has 0 fully saturated rings. The zero-order valence-electron chi connectivity index (χ0n) is 16.1. The Kier molecular flexibility index (Phi) is 6.50. The number of rotatable bonds is 7. The lowest BCUT2D eigenvalue weighted by atomic mass is 10.1. The van der Waals surface area contributed by atoms with Crippen LogP contribution in [0.3, 0.4) is 0 Å². The van der Waals surface area contributed by atoms with E-state index in [1.807, 2.05) is 0 Å². The fourth-order valence-electron chi connectivity index (χ4n) is 2.76. The molecule has 3 rings (SSSR count). The number of hydrogen-bond donors (Lipinski definition) is 0. The van der Waals surface area contributed by atoms with E-state index in [4.69, 9.17) is 9.47 Å². The van der Waals surface area contributed by atoms with Gasteiger partial charge >= 0.3 is 0 Å². The zero-order chi connectivity index (χ0) is 21.6. The number of ether oxygens (including phenoxy) is 2. The maximum absolute atomic E-state index is 13.9. The maximum Gasteiger partial charge on any atom is 0.216 e. The predicted octanol–water partition coefficient (Wildman–Crippen LogP) is 4.75. The molecular formula is C23H18FNO4S. The van der Waals surface area contributed by atoms with Gasteiger partial charge in [0, 0.05) is 11.1 Å². The topological polar surface area (TPSA) is 76.4 Å². The number of hydrogen-bond acceptors (Lipinski definition) is 5. The largest absolute Gasteiger partial charge is 0.493 e. The third kappa shape index (κ3) is 4.50. The van der Waals surface area contributed by atoms with E-state index in [1.54, 1.807) is 60.7 Å². The molecule has 0 bridgehead atoms. The Morgan fingerprint density at radius 2 is 1.73 bits per heavy atom. The van der Waals surface area contributed by atoms with Crippen LogP contribution in [0.1, 0.15) is 11.1 Å². The summed E-state index contributed by atoms with van der Waals surface area (Å²) in [5, 5.41) is 9.53. The van der Waals surface area contributed by atoms with Crippen molar-refractivity contribution in [1.29, 1.82) is 5.26 Å². The SMILES string of the molecule is COc1cccc(/C=C(/C#N)S(=O)(=O)c2ccccc2)c1OCc1ccccc1F. The molecule has 0 N–H and O–H groups in total. The van der Waals surface area contributed by atoms with Crippen LogP contribution in [0, 0.1) is 17.1 Å². The van der Waals surface area contributed by atoms with Gasteiger partial charge in [0.15, 0.2) is 11.5 Å². The van der Waals surface area contributed by atoms with Gasteiger partial charge in [-0.15, -0.1) is 0 Å². The molecule has 0 saturated heterocycles. The van der Waals surface area contributed by atoms with Crippen molar-refractivity contribution in [1.82, 2.24) is 0 Å².